The number of allylic oxidation sites excluding steroid dienone is 1. The van der Waals surface area contributed by atoms with Crippen molar-refractivity contribution in [1.29, 1.82) is 0 Å². The molecule has 0 saturated heterocycles. The second-order valence-corrected chi connectivity index (χ2v) is 9.67. The highest BCUT2D eigenvalue weighted by Gasteiger charge is 2.59. The van der Waals surface area contributed by atoms with E-state index >= 15 is 0 Å². The van der Waals surface area contributed by atoms with E-state index in [0.717, 1.165) is 30.6 Å². The summed E-state index contributed by atoms with van der Waals surface area (Å²) in [6.45, 7) is 5.04. The normalized spacial score (nSPS) is 49.1. The maximum absolute atomic E-state index is 10.1. The van der Waals surface area contributed by atoms with E-state index < -0.39 is 0 Å². The van der Waals surface area contributed by atoms with Crippen molar-refractivity contribution < 1.29 is 5.11 Å². The molecule has 0 radical (unpaired) electrons. The molecular formula is C21H31N3O. The van der Waals surface area contributed by atoms with Gasteiger partial charge in [-0.05, 0) is 80.0 Å². The first kappa shape index (κ1) is 16.0. The van der Waals surface area contributed by atoms with E-state index in [1.54, 1.807) is 11.9 Å². The van der Waals surface area contributed by atoms with Crippen LogP contribution in [0.1, 0.15) is 71.3 Å². The molecule has 4 aliphatic carbocycles. The molecule has 136 valence electrons. The summed E-state index contributed by atoms with van der Waals surface area (Å²) in [6.07, 6.45) is 15.6. The Bertz CT molecular complexity index is 683. The maximum atomic E-state index is 10.1. The van der Waals surface area contributed by atoms with Crippen LogP contribution in [0.25, 0.3) is 0 Å². The number of aliphatic hydroxyl groups excluding tert-OH is 1. The number of fused-ring (bicyclic) bond motifs is 5. The summed E-state index contributed by atoms with van der Waals surface area (Å²) in [4.78, 5) is 4.21. The van der Waals surface area contributed by atoms with Crippen LogP contribution in [-0.4, -0.2) is 26.0 Å². The van der Waals surface area contributed by atoms with Gasteiger partial charge in [0.25, 0.3) is 0 Å². The van der Waals surface area contributed by atoms with Gasteiger partial charge in [-0.15, -0.1) is 0 Å². The van der Waals surface area contributed by atoms with E-state index in [4.69, 9.17) is 0 Å². The lowest BCUT2D eigenvalue weighted by Gasteiger charge is -2.57. The van der Waals surface area contributed by atoms with Crippen molar-refractivity contribution >= 4 is 0 Å². The fraction of sp³-hybridized carbons (Fsp3) is 0.810. The molecule has 0 aliphatic heterocycles. The highest BCUT2D eigenvalue weighted by Crippen LogP contribution is 2.66. The van der Waals surface area contributed by atoms with Crippen LogP contribution in [0.15, 0.2) is 24.3 Å². The Kier molecular flexibility index (Phi) is 3.48. The van der Waals surface area contributed by atoms with Gasteiger partial charge >= 0.3 is 0 Å². The first-order valence-electron chi connectivity index (χ1n) is 10.2. The minimum atomic E-state index is -0.104. The number of aliphatic hydroxyl groups is 1. The lowest BCUT2D eigenvalue weighted by atomic mass is 9.48. The van der Waals surface area contributed by atoms with Gasteiger partial charge in [0.1, 0.15) is 12.7 Å². The first-order valence-corrected chi connectivity index (χ1v) is 10.2. The SMILES string of the molecule is C[C@]12CC[C@H](O)CC1=CCC1C2CC[C@@]2(C)C1CC[C@@H]2n1cncn1. The second-order valence-electron chi connectivity index (χ2n) is 9.67. The first-order chi connectivity index (χ1) is 12.0. The van der Waals surface area contributed by atoms with Crippen molar-refractivity contribution in [2.45, 2.75) is 77.4 Å². The largest absolute Gasteiger partial charge is 0.393 e. The highest BCUT2D eigenvalue weighted by molar-refractivity contribution is 5.25. The number of rotatable bonds is 1. The summed E-state index contributed by atoms with van der Waals surface area (Å²) in [5.74, 6) is 2.44. The Labute approximate surface area is 150 Å². The Morgan fingerprint density at radius 2 is 2.00 bits per heavy atom. The van der Waals surface area contributed by atoms with Crippen LogP contribution in [0.4, 0.5) is 0 Å². The van der Waals surface area contributed by atoms with Gasteiger partial charge in [-0.3, -0.25) is 0 Å². The third kappa shape index (κ3) is 2.16. The molecule has 7 atom stereocenters. The van der Waals surface area contributed by atoms with Gasteiger partial charge in [-0.25, -0.2) is 9.67 Å². The van der Waals surface area contributed by atoms with Crippen molar-refractivity contribution in [3.8, 4) is 0 Å². The molecular weight excluding hydrogens is 310 g/mol. The number of nitrogens with zero attached hydrogens (tertiary/aromatic N) is 3. The van der Waals surface area contributed by atoms with Gasteiger partial charge in [0.05, 0.1) is 12.1 Å². The van der Waals surface area contributed by atoms with Crippen LogP contribution in [-0.2, 0) is 0 Å². The molecule has 3 fully saturated rings. The molecule has 0 bridgehead atoms. The van der Waals surface area contributed by atoms with Crippen molar-refractivity contribution in [3.05, 3.63) is 24.3 Å². The van der Waals surface area contributed by atoms with Crippen molar-refractivity contribution in [1.82, 2.24) is 14.8 Å². The molecule has 0 aromatic carbocycles. The van der Waals surface area contributed by atoms with Gasteiger partial charge in [-0.2, -0.15) is 5.10 Å². The summed E-state index contributed by atoms with van der Waals surface area (Å²) in [7, 11) is 0. The molecule has 0 amide bonds. The molecule has 4 nitrogen and oxygen atoms in total. The lowest BCUT2D eigenvalue weighted by Crippen LogP contribution is -2.50. The van der Waals surface area contributed by atoms with Gasteiger partial charge in [-0.1, -0.05) is 25.5 Å². The van der Waals surface area contributed by atoms with Crippen LogP contribution in [0.2, 0.25) is 0 Å². The summed E-state index contributed by atoms with van der Waals surface area (Å²) in [6, 6.07) is 0.521. The Morgan fingerprint density at radius 3 is 2.80 bits per heavy atom. The zero-order chi connectivity index (χ0) is 17.2. The van der Waals surface area contributed by atoms with Crippen molar-refractivity contribution in [3.63, 3.8) is 0 Å². The fourth-order valence-corrected chi connectivity index (χ4v) is 7.43. The monoisotopic (exact) mass is 341 g/mol. The summed E-state index contributed by atoms with van der Waals surface area (Å²) in [5.41, 5.74) is 2.28. The third-order valence-electron chi connectivity index (χ3n) is 8.78. The fourth-order valence-electron chi connectivity index (χ4n) is 7.43. The standard InChI is InChI=1S/C21H31N3O/c1-20-9-7-15(25)11-14(20)3-4-16-17-5-6-19(24-13-22-12-23-24)21(17,2)10-8-18(16)20/h3,12-13,15-19,25H,4-11H2,1-2H3/t15-,16?,17?,18?,19-,20-,21-/m0/s1. The van der Waals surface area contributed by atoms with Crippen LogP contribution in [0, 0.1) is 28.6 Å². The predicted molar refractivity (Wildman–Crippen MR) is 96.8 cm³/mol. The Balaban J connectivity index is 1.47. The van der Waals surface area contributed by atoms with Crippen LogP contribution >= 0.6 is 0 Å². The zero-order valence-electron chi connectivity index (χ0n) is 15.6. The van der Waals surface area contributed by atoms with Crippen molar-refractivity contribution in [2.24, 2.45) is 28.6 Å². The van der Waals surface area contributed by atoms with Crippen LogP contribution < -0.4 is 0 Å². The number of aromatic nitrogens is 3. The Morgan fingerprint density at radius 1 is 1.12 bits per heavy atom. The Hall–Kier alpha value is -1.16. The molecule has 5 rings (SSSR count). The molecule has 3 unspecified atom stereocenters. The van der Waals surface area contributed by atoms with E-state index in [0.29, 0.717) is 16.9 Å². The topological polar surface area (TPSA) is 50.9 Å². The van der Waals surface area contributed by atoms with Crippen molar-refractivity contribution in [2.75, 3.05) is 0 Å². The molecule has 3 saturated carbocycles. The molecule has 1 aromatic heterocycles. The van der Waals surface area contributed by atoms with Gasteiger partial charge < -0.3 is 5.11 Å². The molecule has 1 aromatic rings. The number of hydrogen-bond donors (Lipinski definition) is 1. The van der Waals surface area contributed by atoms with Gasteiger partial charge in [0, 0.05) is 0 Å². The lowest BCUT2D eigenvalue weighted by molar-refractivity contribution is -0.0488. The summed E-state index contributed by atoms with van der Waals surface area (Å²) in [5, 5.41) is 14.6. The highest BCUT2D eigenvalue weighted by atomic mass is 16.3. The minimum absolute atomic E-state index is 0.104. The van der Waals surface area contributed by atoms with E-state index in [2.05, 4.69) is 34.7 Å². The smallest absolute Gasteiger partial charge is 0.137 e. The van der Waals surface area contributed by atoms with E-state index in [-0.39, 0.29) is 6.10 Å². The molecule has 4 heteroatoms. The van der Waals surface area contributed by atoms with Gasteiger partial charge in [0.2, 0.25) is 0 Å². The third-order valence-corrected chi connectivity index (χ3v) is 8.78. The molecule has 0 spiro atoms. The van der Waals surface area contributed by atoms with E-state index in [9.17, 15) is 5.11 Å². The number of hydrogen-bond acceptors (Lipinski definition) is 3. The molecule has 1 N–H and O–H groups in total. The van der Waals surface area contributed by atoms with Gasteiger partial charge in [0.15, 0.2) is 0 Å². The second kappa shape index (κ2) is 5.42. The zero-order valence-corrected chi connectivity index (χ0v) is 15.6. The molecule has 25 heavy (non-hydrogen) atoms. The van der Waals surface area contributed by atoms with Crippen LogP contribution in [0.3, 0.4) is 0 Å². The molecule has 4 aliphatic rings. The quantitative estimate of drug-likeness (QED) is 0.781. The summed E-state index contributed by atoms with van der Waals surface area (Å²) < 4.78 is 2.14. The molecule has 1 heterocycles. The van der Waals surface area contributed by atoms with Crippen LogP contribution in [0.5, 0.6) is 0 Å². The minimum Gasteiger partial charge on any atom is -0.393 e. The maximum Gasteiger partial charge on any atom is 0.137 e. The predicted octanol–water partition coefficient (Wildman–Crippen LogP) is 4.14. The van der Waals surface area contributed by atoms with E-state index in [1.165, 1.54) is 38.5 Å². The average molecular weight is 341 g/mol. The average Bonchev–Trinajstić information content (AvgIpc) is 3.22. The van der Waals surface area contributed by atoms with E-state index in [1.807, 2.05) is 6.33 Å². The summed E-state index contributed by atoms with van der Waals surface area (Å²) >= 11 is 0.